The summed E-state index contributed by atoms with van der Waals surface area (Å²) in [6, 6.07) is 13.5. The molecular weight excluding hydrogens is 410 g/mol. The Kier molecular flexibility index (Phi) is 5.75. The molecular formula is C21H26ClN3O3S. The number of piperazine rings is 1. The second kappa shape index (κ2) is 8.14. The van der Waals surface area contributed by atoms with Crippen molar-refractivity contribution in [2.75, 3.05) is 54.7 Å². The van der Waals surface area contributed by atoms with Crippen LogP contribution < -0.4 is 9.21 Å². The van der Waals surface area contributed by atoms with Crippen LogP contribution in [0.3, 0.4) is 0 Å². The molecule has 0 saturated carbocycles. The molecule has 2 aliphatic heterocycles. The third-order valence-electron chi connectivity index (χ3n) is 5.74. The van der Waals surface area contributed by atoms with Gasteiger partial charge in [-0.25, -0.2) is 8.42 Å². The molecule has 8 heteroatoms. The summed E-state index contributed by atoms with van der Waals surface area (Å²) in [6.07, 6.45) is 1.33. The fourth-order valence-electron chi connectivity index (χ4n) is 4.13. The molecule has 2 aromatic carbocycles. The number of benzene rings is 2. The fourth-order valence-corrected chi connectivity index (χ4v) is 5.22. The van der Waals surface area contributed by atoms with Gasteiger partial charge in [-0.15, -0.1) is 0 Å². The summed E-state index contributed by atoms with van der Waals surface area (Å²) in [6.45, 7) is 4.62. The maximum atomic E-state index is 11.9. The van der Waals surface area contributed by atoms with Gasteiger partial charge in [0.1, 0.15) is 0 Å². The van der Waals surface area contributed by atoms with Gasteiger partial charge >= 0.3 is 0 Å². The van der Waals surface area contributed by atoms with Crippen molar-refractivity contribution in [1.29, 1.82) is 0 Å². The van der Waals surface area contributed by atoms with Crippen molar-refractivity contribution in [2.24, 2.45) is 0 Å². The number of aliphatic hydroxyl groups is 1. The number of halogens is 1. The predicted octanol–water partition coefficient (Wildman–Crippen LogP) is 2.52. The van der Waals surface area contributed by atoms with Crippen LogP contribution >= 0.6 is 11.6 Å². The molecule has 156 valence electrons. The van der Waals surface area contributed by atoms with E-state index in [9.17, 15) is 13.5 Å². The number of rotatable bonds is 5. The van der Waals surface area contributed by atoms with Gasteiger partial charge < -0.3 is 10.0 Å². The molecule has 2 aromatic rings. The first-order chi connectivity index (χ1) is 13.8. The standard InChI is InChI=1S/C21H26ClN3O3S/c1-29(27,28)25-9-8-16-14-17(2-7-20(16)25)21(26)15-23-10-12-24(13-11-23)19-5-3-18(22)4-6-19/h2-7,14,21,26H,8-13,15H2,1H3. The molecule has 0 radical (unpaired) electrons. The number of hydrogen-bond acceptors (Lipinski definition) is 5. The average molecular weight is 436 g/mol. The maximum absolute atomic E-state index is 11.9. The van der Waals surface area contributed by atoms with E-state index in [1.165, 1.54) is 16.2 Å². The van der Waals surface area contributed by atoms with Crippen molar-refractivity contribution in [3.8, 4) is 0 Å². The van der Waals surface area contributed by atoms with E-state index in [0.29, 0.717) is 19.5 Å². The van der Waals surface area contributed by atoms with E-state index in [2.05, 4.69) is 9.80 Å². The smallest absolute Gasteiger partial charge is 0.232 e. The minimum absolute atomic E-state index is 0.473. The van der Waals surface area contributed by atoms with Crippen molar-refractivity contribution >= 4 is 33.0 Å². The molecule has 1 saturated heterocycles. The molecule has 0 aromatic heterocycles. The first-order valence-electron chi connectivity index (χ1n) is 9.83. The number of nitrogens with zero attached hydrogens (tertiary/aromatic N) is 3. The average Bonchev–Trinajstić information content (AvgIpc) is 3.13. The van der Waals surface area contributed by atoms with E-state index in [1.807, 2.05) is 42.5 Å². The van der Waals surface area contributed by atoms with Crippen molar-refractivity contribution in [1.82, 2.24) is 4.90 Å². The lowest BCUT2D eigenvalue weighted by molar-refractivity contribution is 0.109. The third-order valence-corrected chi connectivity index (χ3v) is 7.17. The number of anilines is 2. The van der Waals surface area contributed by atoms with E-state index in [-0.39, 0.29) is 0 Å². The maximum Gasteiger partial charge on any atom is 0.232 e. The first-order valence-corrected chi connectivity index (χ1v) is 12.1. The quantitative estimate of drug-likeness (QED) is 0.781. The van der Waals surface area contributed by atoms with E-state index in [4.69, 9.17) is 11.6 Å². The summed E-state index contributed by atoms with van der Waals surface area (Å²) in [5.74, 6) is 0. The lowest BCUT2D eigenvalue weighted by Crippen LogP contribution is -2.47. The number of aliphatic hydroxyl groups excluding tert-OH is 1. The minimum Gasteiger partial charge on any atom is -0.387 e. The van der Waals surface area contributed by atoms with Gasteiger partial charge in [0, 0.05) is 50.0 Å². The third kappa shape index (κ3) is 4.53. The van der Waals surface area contributed by atoms with Crippen LogP contribution in [-0.4, -0.2) is 63.9 Å². The molecule has 0 spiro atoms. The zero-order valence-electron chi connectivity index (χ0n) is 16.5. The molecule has 1 N–H and O–H groups in total. The summed E-state index contributed by atoms with van der Waals surface area (Å²) in [5.41, 5.74) is 3.74. The van der Waals surface area contributed by atoms with Crippen molar-refractivity contribution in [3.63, 3.8) is 0 Å². The van der Waals surface area contributed by atoms with Gasteiger partial charge in [0.25, 0.3) is 0 Å². The lowest BCUT2D eigenvalue weighted by atomic mass is 10.0. The molecule has 1 atom stereocenters. The molecule has 6 nitrogen and oxygen atoms in total. The second-order valence-corrected chi connectivity index (χ2v) is 10.1. The van der Waals surface area contributed by atoms with Gasteiger partial charge in [-0.1, -0.05) is 23.7 Å². The highest BCUT2D eigenvalue weighted by molar-refractivity contribution is 7.92. The molecule has 4 rings (SSSR count). The predicted molar refractivity (Wildman–Crippen MR) is 117 cm³/mol. The Balaban J connectivity index is 1.36. The van der Waals surface area contributed by atoms with E-state index in [0.717, 1.165) is 48.0 Å². The normalized spacial score (nSPS) is 18.7. The van der Waals surface area contributed by atoms with Crippen LogP contribution in [-0.2, 0) is 16.4 Å². The van der Waals surface area contributed by atoms with Crippen LogP contribution in [0.4, 0.5) is 11.4 Å². The molecule has 29 heavy (non-hydrogen) atoms. The Bertz CT molecular complexity index is 973. The van der Waals surface area contributed by atoms with Gasteiger partial charge in [0.05, 0.1) is 18.0 Å². The largest absolute Gasteiger partial charge is 0.387 e. The molecule has 1 fully saturated rings. The highest BCUT2D eigenvalue weighted by Gasteiger charge is 2.27. The summed E-state index contributed by atoms with van der Waals surface area (Å²) in [5, 5.41) is 11.5. The van der Waals surface area contributed by atoms with Crippen molar-refractivity contribution < 1.29 is 13.5 Å². The Morgan fingerprint density at radius 2 is 1.72 bits per heavy atom. The number of fused-ring (bicyclic) bond motifs is 1. The molecule has 2 aliphatic rings. The second-order valence-electron chi connectivity index (χ2n) is 7.75. The van der Waals surface area contributed by atoms with Gasteiger partial charge in [-0.3, -0.25) is 9.21 Å². The Morgan fingerprint density at radius 1 is 1.03 bits per heavy atom. The SMILES string of the molecule is CS(=O)(=O)N1CCc2cc(C(O)CN3CCN(c4ccc(Cl)cc4)CC3)ccc21. The minimum atomic E-state index is -3.25. The van der Waals surface area contributed by atoms with Crippen LogP contribution in [0, 0.1) is 0 Å². The zero-order chi connectivity index (χ0) is 20.6. The molecule has 0 bridgehead atoms. The van der Waals surface area contributed by atoms with Crippen molar-refractivity contribution in [3.05, 3.63) is 58.6 Å². The molecule has 1 unspecified atom stereocenters. The molecule has 0 amide bonds. The summed E-state index contributed by atoms with van der Waals surface area (Å²) in [7, 11) is -3.25. The van der Waals surface area contributed by atoms with Crippen molar-refractivity contribution in [2.45, 2.75) is 12.5 Å². The summed E-state index contributed by atoms with van der Waals surface area (Å²) in [4.78, 5) is 4.60. The number of hydrogen-bond donors (Lipinski definition) is 1. The topological polar surface area (TPSA) is 64.1 Å². The highest BCUT2D eigenvalue weighted by atomic mass is 35.5. The fraction of sp³-hybridized carbons (Fsp3) is 0.429. The molecule has 0 aliphatic carbocycles. The van der Waals surface area contributed by atoms with E-state index >= 15 is 0 Å². The van der Waals surface area contributed by atoms with Crippen LogP contribution in [0.15, 0.2) is 42.5 Å². The highest BCUT2D eigenvalue weighted by Crippen LogP contribution is 2.32. The monoisotopic (exact) mass is 435 g/mol. The van der Waals surface area contributed by atoms with E-state index in [1.54, 1.807) is 0 Å². The van der Waals surface area contributed by atoms with Gasteiger partial charge in [-0.05, 0) is 47.9 Å². The van der Waals surface area contributed by atoms with Crippen LogP contribution in [0.1, 0.15) is 17.2 Å². The first kappa shape index (κ1) is 20.5. The van der Waals surface area contributed by atoms with Gasteiger partial charge in [0.15, 0.2) is 0 Å². The van der Waals surface area contributed by atoms with Gasteiger partial charge in [0.2, 0.25) is 10.0 Å². The summed E-state index contributed by atoms with van der Waals surface area (Å²) >= 11 is 5.97. The van der Waals surface area contributed by atoms with Gasteiger partial charge in [-0.2, -0.15) is 0 Å². The van der Waals surface area contributed by atoms with E-state index < -0.39 is 16.1 Å². The van der Waals surface area contributed by atoms with Crippen LogP contribution in [0.5, 0.6) is 0 Å². The van der Waals surface area contributed by atoms with Crippen LogP contribution in [0.2, 0.25) is 5.02 Å². The van der Waals surface area contributed by atoms with Crippen LogP contribution in [0.25, 0.3) is 0 Å². The Morgan fingerprint density at radius 3 is 2.38 bits per heavy atom. The number of β-amino-alcohol motifs (C(OH)–C–C–N with tert-alkyl or cyclic N) is 1. The molecule has 2 heterocycles. The zero-order valence-corrected chi connectivity index (χ0v) is 18.0. The summed E-state index contributed by atoms with van der Waals surface area (Å²) < 4.78 is 25.2. The Labute approximate surface area is 177 Å². The number of sulfonamides is 1. The Hall–Kier alpha value is -1.80. The lowest BCUT2D eigenvalue weighted by Gasteiger charge is -2.37.